The van der Waals surface area contributed by atoms with Crippen LogP contribution in [0.3, 0.4) is 0 Å². The van der Waals surface area contributed by atoms with Crippen LogP contribution in [-0.4, -0.2) is 57.5 Å². The van der Waals surface area contributed by atoms with Gasteiger partial charge < -0.3 is 10.0 Å². The molecule has 1 aromatic heterocycles. The minimum Gasteiger partial charge on any atom is -0.383 e. The zero-order valence-electron chi connectivity index (χ0n) is 20.6. The molecule has 0 aliphatic carbocycles. The summed E-state index contributed by atoms with van der Waals surface area (Å²) in [5.41, 5.74) is -0.318. The van der Waals surface area contributed by atoms with Crippen LogP contribution in [0.4, 0.5) is 8.78 Å². The molecule has 34 heavy (non-hydrogen) atoms. The SMILES string of the molecule is C[C@@H]1CN(C(=O)[C@@H]2CN(C(C)(C)C)C[C@H]2c2ccc(F)cc2F)C[C@H](C)[C@@]1(O)c1ccccn1. The van der Waals surface area contributed by atoms with Crippen molar-refractivity contribution in [2.45, 2.75) is 51.7 Å². The number of pyridine rings is 1. The minimum absolute atomic E-state index is 0.0396. The summed E-state index contributed by atoms with van der Waals surface area (Å²) < 4.78 is 28.4. The van der Waals surface area contributed by atoms with E-state index in [4.69, 9.17) is 0 Å². The first-order chi connectivity index (χ1) is 15.9. The van der Waals surface area contributed by atoms with Crippen molar-refractivity contribution < 1.29 is 18.7 Å². The zero-order valence-corrected chi connectivity index (χ0v) is 20.6. The second-order valence-electron chi connectivity index (χ2n) is 11.0. The molecule has 0 saturated carbocycles. The summed E-state index contributed by atoms with van der Waals surface area (Å²) in [6, 6.07) is 9.14. The molecule has 2 aliphatic rings. The van der Waals surface area contributed by atoms with Gasteiger partial charge in [0.15, 0.2) is 0 Å². The zero-order chi connectivity index (χ0) is 24.8. The Hall–Kier alpha value is -2.38. The molecular formula is C27H35F2N3O2. The van der Waals surface area contributed by atoms with Gasteiger partial charge in [-0.2, -0.15) is 0 Å². The molecule has 0 radical (unpaired) electrons. The average Bonchev–Trinajstić information content (AvgIpc) is 3.23. The smallest absolute Gasteiger partial charge is 0.227 e. The quantitative estimate of drug-likeness (QED) is 0.730. The van der Waals surface area contributed by atoms with Gasteiger partial charge in [-0.3, -0.25) is 14.7 Å². The Kier molecular flexibility index (Phi) is 6.55. The van der Waals surface area contributed by atoms with Crippen LogP contribution in [0.25, 0.3) is 0 Å². The number of likely N-dealkylation sites (tertiary alicyclic amines) is 2. The first-order valence-corrected chi connectivity index (χ1v) is 12.1. The Labute approximate surface area is 200 Å². The number of benzene rings is 1. The van der Waals surface area contributed by atoms with Crippen molar-refractivity contribution in [1.29, 1.82) is 0 Å². The van der Waals surface area contributed by atoms with Crippen LogP contribution in [-0.2, 0) is 10.4 Å². The van der Waals surface area contributed by atoms with Crippen molar-refractivity contribution in [3.05, 3.63) is 65.5 Å². The number of hydrogen-bond donors (Lipinski definition) is 1. The van der Waals surface area contributed by atoms with Crippen molar-refractivity contribution in [1.82, 2.24) is 14.8 Å². The standard InChI is InChI=1S/C27H35F2N3O2/c1-17-13-31(14-18(2)27(17,34)24-8-6-7-11-30-24)25(33)22-16-32(26(3,4)5)15-21(22)20-10-9-19(28)12-23(20)29/h6-12,17-18,21-22,34H,13-16H2,1-5H3/t17-,18+,21-,22+,27-/m0/s1. The van der Waals surface area contributed by atoms with E-state index in [0.29, 0.717) is 37.4 Å². The number of halogens is 2. The van der Waals surface area contributed by atoms with E-state index in [9.17, 15) is 18.7 Å². The fraction of sp³-hybridized carbons (Fsp3) is 0.556. The third-order valence-corrected chi connectivity index (χ3v) is 7.83. The van der Waals surface area contributed by atoms with Gasteiger partial charge in [-0.1, -0.05) is 26.0 Å². The van der Waals surface area contributed by atoms with Crippen LogP contribution in [0.2, 0.25) is 0 Å². The number of amides is 1. The van der Waals surface area contributed by atoms with Gasteiger partial charge in [-0.15, -0.1) is 0 Å². The third-order valence-electron chi connectivity index (χ3n) is 7.83. The molecule has 3 heterocycles. The molecule has 4 rings (SSSR count). The fourth-order valence-corrected chi connectivity index (χ4v) is 5.74. The van der Waals surface area contributed by atoms with E-state index >= 15 is 0 Å². The number of hydrogen-bond acceptors (Lipinski definition) is 4. The molecular weight excluding hydrogens is 436 g/mol. The summed E-state index contributed by atoms with van der Waals surface area (Å²) >= 11 is 0. The Morgan fingerprint density at radius 3 is 2.29 bits per heavy atom. The molecule has 2 aromatic rings. The molecule has 0 unspecified atom stereocenters. The Balaban J connectivity index is 1.61. The first kappa shape index (κ1) is 24.7. The topological polar surface area (TPSA) is 56.7 Å². The lowest BCUT2D eigenvalue weighted by atomic mass is 9.72. The van der Waals surface area contributed by atoms with E-state index in [-0.39, 0.29) is 29.2 Å². The molecule has 0 spiro atoms. The maximum Gasteiger partial charge on any atom is 0.227 e. The lowest BCUT2D eigenvalue weighted by molar-refractivity contribution is -0.153. The summed E-state index contributed by atoms with van der Waals surface area (Å²) in [5, 5.41) is 11.6. The molecule has 2 saturated heterocycles. The molecule has 2 fully saturated rings. The first-order valence-electron chi connectivity index (χ1n) is 12.1. The molecule has 1 aromatic carbocycles. The highest BCUT2D eigenvalue weighted by Crippen LogP contribution is 2.43. The Morgan fingerprint density at radius 1 is 1.06 bits per heavy atom. The minimum atomic E-state index is -1.13. The number of nitrogens with zero attached hydrogens (tertiary/aromatic N) is 3. The Morgan fingerprint density at radius 2 is 1.74 bits per heavy atom. The highest BCUT2D eigenvalue weighted by Gasteiger charge is 2.50. The maximum atomic E-state index is 14.8. The predicted molar refractivity (Wildman–Crippen MR) is 127 cm³/mol. The summed E-state index contributed by atoms with van der Waals surface area (Å²) in [5.74, 6) is -2.53. The van der Waals surface area contributed by atoms with E-state index in [2.05, 4.69) is 30.7 Å². The van der Waals surface area contributed by atoms with Crippen molar-refractivity contribution in [3.63, 3.8) is 0 Å². The highest BCUT2D eigenvalue weighted by molar-refractivity contribution is 5.81. The van der Waals surface area contributed by atoms with Crippen LogP contribution in [0.15, 0.2) is 42.6 Å². The number of rotatable bonds is 3. The van der Waals surface area contributed by atoms with Gasteiger partial charge in [0.05, 0.1) is 11.6 Å². The van der Waals surface area contributed by atoms with Gasteiger partial charge in [0.25, 0.3) is 0 Å². The Bertz CT molecular complexity index is 1030. The second kappa shape index (κ2) is 9.00. The largest absolute Gasteiger partial charge is 0.383 e. The lowest BCUT2D eigenvalue weighted by Crippen LogP contribution is -2.57. The van der Waals surface area contributed by atoms with E-state index in [1.807, 2.05) is 36.9 Å². The number of carbonyl (C=O) groups is 1. The van der Waals surface area contributed by atoms with Crippen LogP contribution in [0, 0.1) is 29.4 Å². The van der Waals surface area contributed by atoms with Crippen molar-refractivity contribution in [2.24, 2.45) is 17.8 Å². The van der Waals surface area contributed by atoms with Gasteiger partial charge in [0, 0.05) is 61.7 Å². The number of aliphatic hydroxyl groups is 1. The molecule has 2 aliphatic heterocycles. The highest BCUT2D eigenvalue weighted by atomic mass is 19.1. The van der Waals surface area contributed by atoms with Gasteiger partial charge in [-0.25, -0.2) is 8.78 Å². The van der Waals surface area contributed by atoms with E-state index in [1.54, 1.807) is 6.20 Å². The van der Waals surface area contributed by atoms with E-state index in [0.717, 1.165) is 6.07 Å². The normalized spacial score (nSPS) is 30.5. The van der Waals surface area contributed by atoms with E-state index in [1.165, 1.54) is 12.1 Å². The monoisotopic (exact) mass is 471 g/mol. The van der Waals surface area contributed by atoms with Crippen molar-refractivity contribution >= 4 is 5.91 Å². The summed E-state index contributed by atoms with van der Waals surface area (Å²) in [7, 11) is 0. The van der Waals surface area contributed by atoms with E-state index < -0.39 is 23.2 Å². The van der Waals surface area contributed by atoms with Gasteiger partial charge in [0.1, 0.15) is 17.2 Å². The number of piperidine rings is 1. The number of carbonyl (C=O) groups excluding carboxylic acids is 1. The van der Waals surface area contributed by atoms with Gasteiger partial charge in [-0.05, 0) is 44.5 Å². The summed E-state index contributed by atoms with van der Waals surface area (Å²) in [4.78, 5) is 22.3. The molecule has 5 atom stereocenters. The van der Waals surface area contributed by atoms with Crippen molar-refractivity contribution in [3.8, 4) is 0 Å². The fourth-order valence-electron chi connectivity index (χ4n) is 5.74. The predicted octanol–water partition coefficient (Wildman–Crippen LogP) is 4.18. The molecule has 0 bridgehead atoms. The lowest BCUT2D eigenvalue weighted by Gasteiger charge is -2.48. The van der Waals surface area contributed by atoms with Crippen LogP contribution < -0.4 is 0 Å². The van der Waals surface area contributed by atoms with Crippen LogP contribution in [0.5, 0.6) is 0 Å². The molecule has 1 N–H and O–H groups in total. The van der Waals surface area contributed by atoms with Crippen LogP contribution >= 0.6 is 0 Å². The third kappa shape index (κ3) is 4.36. The molecule has 7 heteroatoms. The molecule has 1 amide bonds. The molecule has 184 valence electrons. The molecule has 5 nitrogen and oxygen atoms in total. The maximum absolute atomic E-state index is 14.8. The summed E-state index contributed by atoms with van der Waals surface area (Å²) in [6.07, 6.45) is 1.67. The average molecular weight is 472 g/mol. The summed E-state index contributed by atoms with van der Waals surface area (Å²) in [6.45, 7) is 11.9. The second-order valence-corrected chi connectivity index (χ2v) is 11.0. The van der Waals surface area contributed by atoms with Crippen LogP contribution in [0.1, 0.15) is 51.8 Å². The van der Waals surface area contributed by atoms with Gasteiger partial charge in [0.2, 0.25) is 5.91 Å². The number of aromatic nitrogens is 1. The van der Waals surface area contributed by atoms with Crippen molar-refractivity contribution in [2.75, 3.05) is 26.2 Å². The van der Waals surface area contributed by atoms with Gasteiger partial charge >= 0.3 is 0 Å².